The van der Waals surface area contributed by atoms with Crippen molar-refractivity contribution >= 4 is 18.0 Å². The predicted octanol–water partition coefficient (Wildman–Crippen LogP) is 3.13. The van der Waals surface area contributed by atoms with Crippen LogP contribution < -0.4 is 0 Å². The fourth-order valence-electron chi connectivity index (χ4n) is 1.10. The highest BCUT2D eigenvalue weighted by atomic mass is 32.2. The van der Waals surface area contributed by atoms with E-state index in [1.807, 2.05) is 6.07 Å². The molecule has 0 heterocycles. The maximum Gasteiger partial charge on any atom is 0.288 e. The first-order valence-electron chi connectivity index (χ1n) is 4.20. The largest absolute Gasteiger partial charge is 0.303 e. The molecule has 1 aromatic rings. The van der Waals surface area contributed by atoms with Crippen LogP contribution in [-0.4, -0.2) is 12.0 Å². The first kappa shape index (κ1) is 11.2. The second kappa shape index (κ2) is 5.75. The summed E-state index contributed by atoms with van der Waals surface area (Å²) in [6.45, 7) is 0. The topological polar surface area (TPSA) is 17.1 Å². The lowest BCUT2D eigenvalue weighted by Gasteiger charge is -2.02. The maximum atomic E-state index is 12.0. The number of halogens is 2. The summed E-state index contributed by atoms with van der Waals surface area (Å²) in [4.78, 5) is 10.7. The van der Waals surface area contributed by atoms with Gasteiger partial charge in [0.25, 0.3) is 5.76 Å². The van der Waals surface area contributed by atoms with Crippen molar-refractivity contribution in [2.24, 2.45) is 0 Å². The molecule has 0 aliphatic rings. The first-order valence-corrected chi connectivity index (χ1v) is 5.07. The minimum Gasteiger partial charge on any atom is -0.303 e. The predicted molar refractivity (Wildman–Crippen MR) is 52.7 cm³/mol. The Morgan fingerprint density at radius 1 is 1.43 bits per heavy atom. The number of alkyl halides is 2. The van der Waals surface area contributed by atoms with Gasteiger partial charge in [0.1, 0.15) is 6.29 Å². The number of aryl methyl sites for hydroxylation is 1. The average molecular weight is 216 g/mol. The van der Waals surface area contributed by atoms with Crippen molar-refractivity contribution in [3.8, 4) is 0 Å². The van der Waals surface area contributed by atoms with Gasteiger partial charge in [-0.15, -0.1) is 0 Å². The van der Waals surface area contributed by atoms with E-state index in [9.17, 15) is 13.6 Å². The van der Waals surface area contributed by atoms with E-state index in [2.05, 4.69) is 0 Å². The molecule has 1 rings (SSSR count). The van der Waals surface area contributed by atoms with Crippen molar-refractivity contribution in [3.63, 3.8) is 0 Å². The molecule has 1 aromatic carbocycles. The summed E-state index contributed by atoms with van der Waals surface area (Å²) >= 11 is 0.524. The van der Waals surface area contributed by atoms with Gasteiger partial charge in [0.15, 0.2) is 0 Å². The molecule has 0 saturated carbocycles. The molecular weight excluding hydrogens is 206 g/mol. The summed E-state index contributed by atoms with van der Waals surface area (Å²) < 4.78 is 24.0. The number of aldehydes is 1. The molecule has 0 N–H and O–H groups in total. The van der Waals surface area contributed by atoms with Crippen LogP contribution in [0.5, 0.6) is 0 Å². The van der Waals surface area contributed by atoms with E-state index in [0.717, 1.165) is 11.8 Å². The van der Waals surface area contributed by atoms with Gasteiger partial charge in [-0.3, -0.25) is 0 Å². The van der Waals surface area contributed by atoms with Crippen molar-refractivity contribution in [2.75, 3.05) is 0 Å². The van der Waals surface area contributed by atoms with E-state index < -0.39 is 5.76 Å². The van der Waals surface area contributed by atoms with Gasteiger partial charge in [0.05, 0.1) is 0 Å². The minimum atomic E-state index is -2.39. The minimum absolute atomic E-state index is 0.433. The maximum absolute atomic E-state index is 12.0. The summed E-state index contributed by atoms with van der Waals surface area (Å²) in [6, 6.07) is 6.89. The highest BCUT2D eigenvalue weighted by molar-refractivity contribution is 7.99. The van der Waals surface area contributed by atoms with Crippen LogP contribution in [0.15, 0.2) is 29.2 Å². The summed E-state index contributed by atoms with van der Waals surface area (Å²) in [6.07, 6.45) is 1.87. The second-order valence-corrected chi connectivity index (χ2v) is 3.79. The molecule has 0 aliphatic heterocycles. The number of carbonyl (C=O) groups is 1. The van der Waals surface area contributed by atoms with Crippen LogP contribution in [0.25, 0.3) is 0 Å². The highest BCUT2D eigenvalue weighted by Gasteiger charge is 2.05. The monoisotopic (exact) mass is 216 g/mol. The molecule has 0 aliphatic carbocycles. The Morgan fingerprint density at radius 2 is 2.21 bits per heavy atom. The van der Waals surface area contributed by atoms with Crippen LogP contribution in [0.3, 0.4) is 0 Å². The van der Waals surface area contributed by atoms with Gasteiger partial charge in [-0.05, 0) is 24.1 Å². The molecule has 0 spiro atoms. The van der Waals surface area contributed by atoms with Gasteiger partial charge in [0.2, 0.25) is 0 Å². The molecule has 0 fully saturated rings. The molecule has 0 saturated heterocycles. The van der Waals surface area contributed by atoms with Gasteiger partial charge >= 0.3 is 0 Å². The summed E-state index contributed by atoms with van der Waals surface area (Å²) in [5, 5.41) is 0. The molecular formula is C10H10F2OS. The lowest BCUT2D eigenvalue weighted by Crippen LogP contribution is -1.87. The van der Waals surface area contributed by atoms with Crippen LogP contribution in [0.2, 0.25) is 0 Å². The normalized spacial score (nSPS) is 10.5. The Bertz CT molecular complexity index is 302. The van der Waals surface area contributed by atoms with Gasteiger partial charge in [-0.2, -0.15) is 8.78 Å². The smallest absolute Gasteiger partial charge is 0.288 e. The molecule has 1 nitrogen and oxygen atoms in total. The van der Waals surface area contributed by atoms with Gasteiger partial charge in [-0.25, -0.2) is 0 Å². The molecule has 0 unspecified atom stereocenters. The molecule has 0 bridgehead atoms. The van der Waals surface area contributed by atoms with Crippen LogP contribution in [0, 0.1) is 0 Å². The van der Waals surface area contributed by atoms with Gasteiger partial charge in [0, 0.05) is 11.3 Å². The molecule has 0 aromatic heterocycles. The van der Waals surface area contributed by atoms with Crippen molar-refractivity contribution < 1.29 is 13.6 Å². The zero-order valence-electron chi connectivity index (χ0n) is 7.45. The SMILES string of the molecule is O=CCCc1cccc(SC(F)F)c1. The third kappa shape index (κ3) is 3.87. The van der Waals surface area contributed by atoms with Gasteiger partial charge in [-0.1, -0.05) is 23.9 Å². The molecule has 76 valence electrons. The molecule has 0 radical (unpaired) electrons. The molecule has 4 heteroatoms. The van der Waals surface area contributed by atoms with Crippen molar-refractivity contribution in [1.29, 1.82) is 0 Å². The zero-order chi connectivity index (χ0) is 10.4. The fraction of sp³-hybridized carbons (Fsp3) is 0.300. The molecule has 14 heavy (non-hydrogen) atoms. The summed E-state index contributed by atoms with van der Waals surface area (Å²) in [5.74, 6) is -2.39. The van der Waals surface area contributed by atoms with E-state index in [1.165, 1.54) is 0 Å². The zero-order valence-corrected chi connectivity index (χ0v) is 8.27. The van der Waals surface area contributed by atoms with Crippen molar-refractivity contribution in [1.82, 2.24) is 0 Å². The molecule has 0 atom stereocenters. The Morgan fingerprint density at radius 3 is 2.86 bits per heavy atom. The van der Waals surface area contributed by atoms with Crippen LogP contribution in [0.1, 0.15) is 12.0 Å². The summed E-state index contributed by atoms with van der Waals surface area (Å²) in [5.41, 5.74) is 0.919. The van der Waals surface area contributed by atoms with Crippen LogP contribution >= 0.6 is 11.8 Å². The van der Waals surface area contributed by atoms with Gasteiger partial charge < -0.3 is 4.79 Å². The standard InChI is InChI=1S/C10H10F2OS/c11-10(12)14-9-5-1-3-8(7-9)4-2-6-13/h1,3,5-7,10H,2,4H2. The van der Waals surface area contributed by atoms with Crippen molar-refractivity contribution in [2.45, 2.75) is 23.5 Å². The lowest BCUT2D eigenvalue weighted by molar-refractivity contribution is -0.107. The first-order chi connectivity index (χ1) is 6.72. The van der Waals surface area contributed by atoms with Crippen LogP contribution in [-0.2, 0) is 11.2 Å². The van der Waals surface area contributed by atoms with E-state index >= 15 is 0 Å². The lowest BCUT2D eigenvalue weighted by atomic mass is 10.1. The second-order valence-electron chi connectivity index (χ2n) is 2.73. The Balaban J connectivity index is 2.63. The number of hydrogen-bond donors (Lipinski definition) is 0. The van der Waals surface area contributed by atoms with Crippen molar-refractivity contribution in [3.05, 3.63) is 29.8 Å². The summed E-state index contributed by atoms with van der Waals surface area (Å²) in [7, 11) is 0. The molecule has 0 amide bonds. The Labute approximate surface area is 85.5 Å². The number of benzene rings is 1. The third-order valence-corrected chi connectivity index (χ3v) is 2.38. The third-order valence-electron chi connectivity index (χ3n) is 1.67. The van der Waals surface area contributed by atoms with E-state index in [-0.39, 0.29) is 0 Å². The Hall–Kier alpha value is -0.900. The van der Waals surface area contributed by atoms with E-state index in [0.29, 0.717) is 29.5 Å². The van der Waals surface area contributed by atoms with E-state index in [1.54, 1.807) is 18.2 Å². The average Bonchev–Trinajstić information content (AvgIpc) is 2.14. The number of hydrogen-bond acceptors (Lipinski definition) is 2. The highest BCUT2D eigenvalue weighted by Crippen LogP contribution is 2.25. The number of rotatable bonds is 5. The number of carbonyl (C=O) groups excluding carboxylic acids is 1. The van der Waals surface area contributed by atoms with Crippen LogP contribution in [0.4, 0.5) is 8.78 Å². The fourth-order valence-corrected chi connectivity index (χ4v) is 1.69. The number of thioether (sulfide) groups is 1. The quantitative estimate of drug-likeness (QED) is 0.555. The van der Waals surface area contributed by atoms with E-state index in [4.69, 9.17) is 0 Å². The Kier molecular flexibility index (Phi) is 4.59.